The van der Waals surface area contributed by atoms with Crippen LogP contribution in [0, 0.1) is 0 Å². The lowest BCUT2D eigenvalue weighted by molar-refractivity contribution is 0.0529. The number of hydrogen-bond donors (Lipinski definition) is 3. The number of rotatable bonds is 5. The van der Waals surface area contributed by atoms with Gasteiger partial charge in [0.15, 0.2) is 0 Å². The highest BCUT2D eigenvalue weighted by Gasteiger charge is 2.18. The van der Waals surface area contributed by atoms with Gasteiger partial charge < -0.3 is 15.8 Å². The molecule has 0 fully saturated rings. The van der Waals surface area contributed by atoms with Crippen LogP contribution in [0.3, 0.4) is 0 Å². The lowest BCUT2D eigenvalue weighted by Crippen LogP contribution is -2.37. The van der Waals surface area contributed by atoms with E-state index >= 15 is 0 Å². The van der Waals surface area contributed by atoms with Crippen molar-refractivity contribution < 1.29 is 17.9 Å². The Balaban J connectivity index is 2.54. The second-order valence-corrected chi connectivity index (χ2v) is 8.11. The van der Waals surface area contributed by atoms with Crippen LogP contribution in [0.4, 0.5) is 10.5 Å². The number of alkyl carbamates (subject to hydrolysis) is 1. The zero-order valence-corrected chi connectivity index (χ0v) is 15.0. The number of amides is 1. The Bertz CT molecular complexity index is 641. The van der Waals surface area contributed by atoms with Crippen molar-refractivity contribution in [2.75, 3.05) is 18.8 Å². The number of hydrogen-bond acceptors (Lipinski definition) is 5. The number of nitrogens with two attached hydrogens (primary N) is 1. The summed E-state index contributed by atoms with van der Waals surface area (Å²) in [5.74, 6) is 0. The van der Waals surface area contributed by atoms with E-state index in [1.807, 2.05) is 0 Å². The number of sulfonamides is 1. The maximum atomic E-state index is 12.1. The summed E-state index contributed by atoms with van der Waals surface area (Å²) in [6.45, 7) is 5.36. The van der Waals surface area contributed by atoms with E-state index in [1.165, 1.54) is 6.07 Å². The Morgan fingerprint density at radius 1 is 1.32 bits per heavy atom. The van der Waals surface area contributed by atoms with Gasteiger partial charge in [0.1, 0.15) is 5.60 Å². The lowest BCUT2D eigenvalue weighted by atomic mass is 10.2. The SMILES string of the molecule is CC(C)(C)OC(=O)NCCNS(=O)(=O)c1cc(N)ccc1Br. The van der Waals surface area contributed by atoms with Crippen molar-refractivity contribution in [2.45, 2.75) is 31.3 Å². The van der Waals surface area contributed by atoms with E-state index in [0.717, 1.165) is 0 Å². The van der Waals surface area contributed by atoms with Crippen LogP contribution in [0.2, 0.25) is 0 Å². The standard InChI is InChI=1S/C13H20BrN3O4S/c1-13(2,3)21-12(18)16-6-7-17-22(19,20)11-8-9(15)4-5-10(11)14/h4-5,8,17H,6-7,15H2,1-3H3,(H,16,18). The van der Waals surface area contributed by atoms with Gasteiger partial charge in [-0.1, -0.05) is 0 Å². The van der Waals surface area contributed by atoms with Crippen LogP contribution in [-0.4, -0.2) is 33.2 Å². The molecule has 4 N–H and O–H groups in total. The quantitative estimate of drug-likeness (QED) is 0.521. The average molecular weight is 394 g/mol. The summed E-state index contributed by atoms with van der Waals surface area (Å²) in [6.07, 6.45) is -0.600. The van der Waals surface area contributed by atoms with E-state index in [0.29, 0.717) is 10.2 Å². The number of anilines is 1. The third kappa shape index (κ3) is 6.20. The van der Waals surface area contributed by atoms with Gasteiger partial charge in [0.2, 0.25) is 10.0 Å². The van der Waals surface area contributed by atoms with Gasteiger partial charge in [0, 0.05) is 23.2 Å². The minimum Gasteiger partial charge on any atom is -0.444 e. The number of benzene rings is 1. The van der Waals surface area contributed by atoms with Gasteiger partial charge in [0.25, 0.3) is 0 Å². The molecule has 1 aromatic rings. The molecular weight excluding hydrogens is 374 g/mol. The molecular formula is C13H20BrN3O4S. The first-order valence-corrected chi connectivity index (χ1v) is 8.80. The molecule has 0 heterocycles. The van der Waals surface area contributed by atoms with E-state index in [9.17, 15) is 13.2 Å². The first-order valence-electron chi connectivity index (χ1n) is 6.53. The molecule has 0 bridgehead atoms. The van der Waals surface area contributed by atoms with Crippen LogP contribution in [-0.2, 0) is 14.8 Å². The van der Waals surface area contributed by atoms with Crippen LogP contribution >= 0.6 is 15.9 Å². The van der Waals surface area contributed by atoms with Gasteiger partial charge in [-0.05, 0) is 54.9 Å². The highest BCUT2D eigenvalue weighted by Crippen LogP contribution is 2.23. The van der Waals surface area contributed by atoms with Crippen molar-refractivity contribution in [1.29, 1.82) is 0 Å². The second-order valence-electron chi connectivity index (χ2n) is 5.52. The van der Waals surface area contributed by atoms with E-state index in [2.05, 4.69) is 26.0 Å². The normalized spacial score (nSPS) is 12.0. The summed E-state index contributed by atoms with van der Waals surface area (Å²) in [5, 5.41) is 2.46. The van der Waals surface area contributed by atoms with Crippen LogP contribution < -0.4 is 15.8 Å². The summed E-state index contributed by atoms with van der Waals surface area (Å²) in [4.78, 5) is 11.5. The number of nitrogens with one attached hydrogen (secondary N) is 2. The van der Waals surface area contributed by atoms with Crippen LogP contribution in [0.15, 0.2) is 27.6 Å². The monoisotopic (exact) mass is 393 g/mol. The van der Waals surface area contributed by atoms with Gasteiger partial charge >= 0.3 is 6.09 Å². The fourth-order valence-electron chi connectivity index (χ4n) is 1.47. The molecule has 1 aromatic carbocycles. The Hall–Kier alpha value is -1.32. The number of nitrogen functional groups attached to an aromatic ring is 1. The lowest BCUT2D eigenvalue weighted by Gasteiger charge is -2.19. The molecule has 9 heteroatoms. The van der Waals surface area contributed by atoms with Crippen LogP contribution in [0.5, 0.6) is 0 Å². The largest absolute Gasteiger partial charge is 0.444 e. The predicted octanol–water partition coefficient (Wildman–Crippen LogP) is 1.83. The Kier molecular flexibility index (Phi) is 6.21. The first-order chi connectivity index (χ1) is 10.0. The van der Waals surface area contributed by atoms with Crippen molar-refractivity contribution in [3.05, 3.63) is 22.7 Å². The molecule has 124 valence electrons. The first kappa shape index (κ1) is 18.7. The minimum atomic E-state index is -3.72. The topological polar surface area (TPSA) is 111 Å². The van der Waals surface area contributed by atoms with Gasteiger partial charge in [-0.3, -0.25) is 0 Å². The number of halogens is 1. The highest BCUT2D eigenvalue weighted by molar-refractivity contribution is 9.10. The molecule has 0 atom stereocenters. The molecule has 1 amide bonds. The summed E-state index contributed by atoms with van der Waals surface area (Å²) in [7, 11) is -3.72. The zero-order valence-electron chi connectivity index (χ0n) is 12.6. The van der Waals surface area contributed by atoms with Crippen molar-refractivity contribution in [3.63, 3.8) is 0 Å². The fourth-order valence-corrected chi connectivity index (χ4v) is 3.50. The molecule has 0 radical (unpaired) electrons. The molecule has 0 saturated carbocycles. The maximum Gasteiger partial charge on any atom is 0.407 e. The Morgan fingerprint density at radius 3 is 2.55 bits per heavy atom. The smallest absolute Gasteiger partial charge is 0.407 e. The van der Waals surface area contributed by atoms with Gasteiger partial charge in [-0.2, -0.15) is 0 Å². The molecule has 22 heavy (non-hydrogen) atoms. The van der Waals surface area contributed by atoms with Crippen molar-refractivity contribution in [2.24, 2.45) is 0 Å². The highest BCUT2D eigenvalue weighted by atomic mass is 79.9. The van der Waals surface area contributed by atoms with E-state index in [4.69, 9.17) is 10.5 Å². The van der Waals surface area contributed by atoms with Crippen LogP contribution in [0.1, 0.15) is 20.8 Å². The molecule has 0 unspecified atom stereocenters. The minimum absolute atomic E-state index is 0.0306. The molecule has 0 aromatic heterocycles. The third-order valence-corrected chi connectivity index (χ3v) is 4.78. The number of carbonyl (C=O) groups excluding carboxylic acids is 1. The van der Waals surface area contributed by atoms with Gasteiger partial charge in [-0.15, -0.1) is 0 Å². The molecule has 0 spiro atoms. The van der Waals surface area contributed by atoms with Gasteiger partial charge in [-0.25, -0.2) is 17.9 Å². The fraction of sp³-hybridized carbons (Fsp3) is 0.462. The molecule has 0 saturated heterocycles. The van der Waals surface area contributed by atoms with Crippen molar-refractivity contribution >= 4 is 37.7 Å². The second kappa shape index (κ2) is 7.30. The maximum absolute atomic E-state index is 12.1. The van der Waals surface area contributed by atoms with Gasteiger partial charge in [0.05, 0.1) is 4.90 Å². The third-order valence-electron chi connectivity index (χ3n) is 2.33. The Labute approximate surface area is 138 Å². The number of carbonyl (C=O) groups is 1. The van der Waals surface area contributed by atoms with E-state index < -0.39 is 21.7 Å². The molecule has 0 aliphatic heterocycles. The van der Waals surface area contributed by atoms with E-state index in [1.54, 1.807) is 32.9 Å². The molecule has 0 aliphatic rings. The average Bonchev–Trinajstić information content (AvgIpc) is 2.35. The predicted molar refractivity (Wildman–Crippen MR) is 88.0 cm³/mol. The summed E-state index contributed by atoms with van der Waals surface area (Å²) in [6, 6.07) is 4.50. The molecule has 7 nitrogen and oxygen atoms in total. The summed E-state index contributed by atoms with van der Waals surface area (Å²) >= 11 is 3.17. The summed E-state index contributed by atoms with van der Waals surface area (Å²) < 4.78 is 32.1. The Morgan fingerprint density at radius 2 is 1.95 bits per heavy atom. The van der Waals surface area contributed by atoms with Crippen molar-refractivity contribution in [3.8, 4) is 0 Å². The summed E-state index contributed by atoms with van der Waals surface area (Å²) in [5.41, 5.74) is 5.33. The molecule has 1 rings (SSSR count). The van der Waals surface area contributed by atoms with Crippen molar-refractivity contribution in [1.82, 2.24) is 10.0 Å². The van der Waals surface area contributed by atoms with Crippen LogP contribution in [0.25, 0.3) is 0 Å². The zero-order chi connectivity index (χ0) is 17.0. The molecule has 0 aliphatic carbocycles. The van der Waals surface area contributed by atoms with E-state index in [-0.39, 0.29) is 18.0 Å². The number of ether oxygens (including phenoxy) is 1.